The quantitative estimate of drug-likeness (QED) is 0.876. The van der Waals surface area contributed by atoms with Gasteiger partial charge >= 0.3 is 0 Å². The van der Waals surface area contributed by atoms with Crippen molar-refractivity contribution in [3.8, 4) is 11.8 Å². The van der Waals surface area contributed by atoms with Gasteiger partial charge in [0.25, 0.3) is 5.91 Å². The molecule has 0 saturated heterocycles. The number of carbonyl (C=O) groups excluding carboxylic acids is 1. The van der Waals surface area contributed by atoms with Crippen molar-refractivity contribution in [3.63, 3.8) is 0 Å². The van der Waals surface area contributed by atoms with E-state index in [4.69, 9.17) is 10.00 Å². The van der Waals surface area contributed by atoms with Crippen molar-refractivity contribution in [3.05, 3.63) is 59.7 Å². The molecule has 0 aliphatic carbocycles. The molecule has 3 rings (SSSR count). The van der Waals surface area contributed by atoms with Gasteiger partial charge in [-0.05, 0) is 18.2 Å². The fraction of sp³-hybridized carbons (Fsp3) is 0.0588. The summed E-state index contributed by atoms with van der Waals surface area (Å²) in [4.78, 5) is 12.1. The molecule has 2 aromatic rings. The van der Waals surface area contributed by atoms with Crippen LogP contribution in [0.25, 0.3) is 11.6 Å². The summed E-state index contributed by atoms with van der Waals surface area (Å²) >= 11 is 0. The van der Waals surface area contributed by atoms with Crippen LogP contribution in [0.5, 0.6) is 5.75 Å². The lowest BCUT2D eigenvalue weighted by Crippen LogP contribution is -2.03. The van der Waals surface area contributed by atoms with Crippen LogP contribution < -0.4 is 10.1 Å². The van der Waals surface area contributed by atoms with Gasteiger partial charge in [-0.2, -0.15) is 5.26 Å². The van der Waals surface area contributed by atoms with Gasteiger partial charge in [-0.3, -0.25) is 4.79 Å². The molecule has 1 aliphatic rings. The number of nitrogens with zero attached hydrogens (tertiary/aromatic N) is 1. The number of nitriles is 1. The van der Waals surface area contributed by atoms with Crippen LogP contribution in [0.15, 0.2) is 48.5 Å². The number of nitrogens with one attached hydrogen (secondary N) is 1. The highest BCUT2D eigenvalue weighted by Gasteiger charge is 2.23. The maximum absolute atomic E-state index is 12.1. The third-order valence-electron chi connectivity index (χ3n) is 3.22. The zero-order valence-electron chi connectivity index (χ0n) is 11.2. The summed E-state index contributed by atoms with van der Waals surface area (Å²) < 4.78 is 5.38. The largest absolute Gasteiger partial charge is 0.478 e. The predicted octanol–water partition coefficient (Wildman–Crippen LogP) is 3.08. The number of rotatable bonds is 3. The number of hydrogen-bond acceptors (Lipinski definition) is 3. The van der Waals surface area contributed by atoms with E-state index in [1.165, 1.54) is 0 Å². The lowest BCUT2D eigenvalue weighted by atomic mass is 10.0. The first-order valence-electron chi connectivity index (χ1n) is 6.51. The smallest absolute Gasteiger partial charge is 0.256 e. The lowest BCUT2D eigenvalue weighted by molar-refractivity contribution is -0.110. The van der Waals surface area contributed by atoms with Crippen molar-refractivity contribution in [2.45, 2.75) is 0 Å². The molecule has 0 radical (unpaired) electrons. The number of hydrogen-bond donors (Lipinski definition) is 1. The maximum atomic E-state index is 12.1. The number of amides is 1. The van der Waals surface area contributed by atoms with Gasteiger partial charge in [0.15, 0.2) is 6.61 Å². The molecule has 1 heterocycles. The average Bonchev–Trinajstić information content (AvgIpc) is 2.82. The van der Waals surface area contributed by atoms with E-state index in [-0.39, 0.29) is 12.5 Å². The SMILES string of the molecule is N#CCOc1ccccc1C=C1C(=O)Nc2ccccc21. The normalized spacial score (nSPS) is 14.4. The zero-order chi connectivity index (χ0) is 14.7. The number of anilines is 1. The Bertz CT molecular complexity index is 772. The molecule has 1 amide bonds. The molecule has 0 atom stereocenters. The van der Waals surface area contributed by atoms with Crippen LogP contribution in [0.3, 0.4) is 0 Å². The van der Waals surface area contributed by atoms with Gasteiger partial charge in [-0.25, -0.2) is 0 Å². The first-order chi connectivity index (χ1) is 10.3. The second kappa shape index (κ2) is 5.51. The topological polar surface area (TPSA) is 62.1 Å². The Morgan fingerprint density at radius 1 is 1.14 bits per heavy atom. The molecule has 0 aromatic heterocycles. The van der Waals surface area contributed by atoms with Crippen LogP contribution in [0.1, 0.15) is 11.1 Å². The molecule has 4 nitrogen and oxygen atoms in total. The molecule has 21 heavy (non-hydrogen) atoms. The van der Waals surface area contributed by atoms with Gasteiger partial charge in [-0.1, -0.05) is 36.4 Å². The molecule has 2 aromatic carbocycles. The van der Waals surface area contributed by atoms with Gasteiger partial charge in [0.2, 0.25) is 0 Å². The molecule has 0 fully saturated rings. The summed E-state index contributed by atoms with van der Waals surface area (Å²) in [7, 11) is 0. The molecule has 0 bridgehead atoms. The minimum absolute atomic E-state index is 0.0248. The van der Waals surface area contributed by atoms with Crippen molar-refractivity contribution >= 4 is 23.2 Å². The van der Waals surface area contributed by atoms with Gasteiger partial charge in [0.1, 0.15) is 11.8 Å². The van der Waals surface area contributed by atoms with Crippen molar-refractivity contribution in [2.75, 3.05) is 11.9 Å². The van der Waals surface area contributed by atoms with Gasteiger partial charge in [0, 0.05) is 22.4 Å². The van der Waals surface area contributed by atoms with Crippen molar-refractivity contribution < 1.29 is 9.53 Å². The number of para-hydroxylation sites is 2. The Labute approximate surface area is 122 Å². The average molecular weight is 276 g/mol. The van der Waals surface area contributed by atoms with E-state index in [0.29, 0.717) is 11.3 Å². The zero-order valence-corrected chi connectivity index (χ0v) is 11.2. The summed E-state index contributed by atoms with van der Waals surface area (Å²) in [5.41, 5.74) is 3.05. The standard InChI is InChI=1S/C17H12N2O2/c18-9-10-21-16-8-4-1-5-12(16)11-14-13-6-2-3-7-15(13)19-17(14)20/h1-8,11H,10H2,(H,19,20). The molecule has 1 N–H and O–H groups in total. The van der Waals surface area contributed by atoms with E-state index in [9.17, 15) is 4.79 Å². The van der Waals surface area contributed by atoms with Gasteiger partial charge in [0.05, 0.1) is 0 Å². The first kappa shape index (κ1) is 12.9. The van der Waals surface area contributed by atoms with E-state index in [1.807, 2.05) is 48.5 Å². The number of fused-ring (bicyclic) bond motifs is 1. The number of carbonyl (C=O) groups is 1. The maximum Gasteiger partial charge on any atom is 0.256 e. The van der Waals surface area contributed by atoms with Crippen molar-refractivity contribution in [1.82, 2.24) is 0 Å². The van der Waals surface area contributed by atoms with Crippen LogP contribution in [0.2, 0.25) is 0 Å². The van der Waals surface area contributed by atoms with Crippen LogP contribution in [0.4, 0.5) is 5.69 Å². The minimum atomic E-state index is -0.133. The molecule has 4 heteroatoms. The fourth-order valence-electron chi connectivity index (χ4n) is 2.28. The Hall–Kier alpha value is -3.06. The molecule has 1 aliphatic heterocycles. The van der Waals surface area contributed by atoms with Gasteiger partial charge in [-0.15, -0.1) is 0 Å². The van der Waals surface area contributed by atoms with E-state index < -0.39 is 0 Å². The molecule has 0 saturated carbocycles. The summed E-state index contributed by atoms with van der Waals surface area (Å²) in [6.07, 6.45) is 1.79. The Morgan fingerprint density at radius 3 is 2.76 bits per heavy atom. The Morgan fingerprint density at radius 2 is 1.90 bits per heavy atom. The third-order valence-corrected chi connectivity index (χ3v) is 3.22. The fourth-order valence-corrected chi connectivity index (χ4v) is 2.28. The first-order valence-corrected chi connectivity index (χ1v) is 6.51. The monoisotopic (exact) mass is 276 g/mol. The number of benzene rings is 2. The highest BCUT2D eigenvalue weighted by Crippen LogP contribution is 2.34. The number of ether oxygens (including phenoxy) is 1. The van der Waals surface area contributed by atoms with E-state index in [0.717, 1.165) is 16.8 Å². The summed E-state index contributed by atoms with van der Waals surface area (Å²) in [5.74, 6) is 0.454. The summed E-state index contributed by atoms with van der Waals surface area (Å²) in [5, 5.41) is 11.5. The second-order valence-electron chi connectivity index (χ2n) is 4.54. The van der Waals surface area contributed by atoms with Gasteiger partial charge < -0.3 is 10.1 Å². The van der Waals surface area contributed by atoms with Crippen LogP contribution in [-0.4, -0.2) is 12.5 Å². The predicted molar refractivity (Wildman–Crippen MR) is 80.5 cm³/mol. The Balaban J connectivity index is 2.03. The highest BCUT2D eigenvalue weighted by atomic mass is 16.5. The molecule has 102 valence electrons. The highest BCUT2D eigenvalue weighted by molar-refractivity contribution is 6.35. The van der Waals surface area contributed by atoms with Crippen molar-refractivity contribution in [2.24, 2.45) is 0 Å². The Kier molecular flexibility index (Phi) is 3.40. The third kappa shape index (κ3) is 2.49. The van der Waals surface area contributed by atoms with E-state index >= 15 is 0 Å². The summed E-state index contributed by atoms with van der Waals surface area (Å²) in [6, 6.07) is 16.8. The molecule has 0 spiro atoms. The van der Waals surface area contributed by atoms with Crippen LogP contribution >= 0.6 is 0 Å². The van der Waals surface area contributed by atoms with E-state index in [2.05, 4.69) is 5.32 Å². The molecular weight excluding hydrogens is 264 g/mol. The van der Waals surface area contributed by atoms with Crippen LogP contribution in [0, 0.1) is 11.3 Å². The summed E-state index contributed by atoms with van der Waals surface area (Å²) in [6.45, 7) is -0.0248. The van der Waals surface area contributed by atoms with E-state index in [1.54, 1.807) is 12.1 Å². The molecule has 0 unspecified atom stereocenters. The second-order valence-corrected chi connectivity index (χ2v) is 4.54. The van der Waals surface area contributed by atoms with Crippen molar-refractivity contribution in [1.29, 1.82) is 5.26 Å². The minimum Gasteiger partial charge on any atom is -0.478 e. The molecular formula is C17H12N2O2. The van der Waals surface area contributed by atoms with Crippen LogP contribution in [-0.2, 0) is 4.79 Å². The lowest BCUT2D eigenvalue weighted by Gasteiger charge is -2.06.